The van der Waals surface area contributed by atoms with Crippen LogP contribution in [0, 0.1) is 0 Å². The lowest BCUT2D eigenvalue weighted by molar-refractivity contribution is -0.143. The summed E-state index contributed by atoms with van der Waals surface area (Å²) in [5, 5.41) is 0. The Bertz CT molecular complexity index is 426. The number of hydrogen-bond acceptors (Lipinski definition) is 4. The van der Waals surface area contributed by atoms with Gasteiger partial charge < -0.3 is 9.47 Å². The molecule has 4 heteroatoms. The molecule has 0 aliphatic carbocycles. The van der Waals surface area contributed by atoms with Gasteiger partial charge in [0.15, 0.2) is 5.78 Å². The van der Waals surface area contributed by atoms with E-state index in [1.807, 2.05) is 13.0 Å². The summed E-state index contributed by atoms with van der Waals surface area (Å²) in [6, 6.07) is 7.04. The Hall–Kier alpha value is -1.84. The average molecular weight is 264 g/mol. The van der Waals surface area contributed by atoms with Gasteiger partial charge in [-0.05, 0) is 25.5 Å². The van der Waals surface area contributed by atoms with E-state index in [4.69, 9.17) is 9.47 Å². The fourth-order valence-corrected chi connectivity index (χ4v) is 1.57. The number of ether oxygens (including phenoxy) is 2. The third kappa shape index (κ3) is 5.55. The highest BCUT2D eigenvalue weighted by atomic mass is 16.5. The van der Waals surface area contributed by atoms with Gasteiger partial charge in [0, 0.05) is 12.0 Å². The summed E-state index contributed by atoms with van der Waals surface area (Å²) in [7, 11) is 0. The minimum absolute atomic E-state index is 0.0741. The zero-order valence-electron chi connectivity index (χ0n) is 11.5. The van der Waals surface area contributed by atoms with Crippen LogP contribution in [0.5, 0.6) is 5.75 Å². The van der Waals surface area contributed by atoms with Gasteiger partial charge in [0.1, 0.15) is 5.75 Å². The Morgan fingerprint density at radius 1 is 1.16 bits per heavy atom. The van der Waals surface area contributed by atoms with Gasteiger partial charge in [-0.3, -0.25) is 9.59 Å². The summed E-state index contributed by atoms with van der Waals surface area (Å²) in [4.78, 5) is 23.1. The minimum atomic E-state index is -0.339. The van der Waals surface area contributed by atoms with Crippen LogP contribution in [0.3, 0.4) is 0 Å². The van der Waals surface area contributed by atoms with Gasteiger partial charge in [-0.25, -0.2) is 0 Å². The second-order valence-corrected chi connectivity index (χ2v) is 4.10. The first-order valence-electron chi connectivity index (χ1n) is 6.59. The van der Waals surface area contributed by atoms with E-state index in [1.54, 1.807) is 25.1 Å². The lowest BCUT2D eigenvalue weighted by atomic mass is 10.1. The molecule has 0 fully saturated rings. The zero-order chi connectivity index (χ0) is 14.1. The molecule has 0 saturated heterocycles. The summed E-state index contributed by atoms with van der Waals surface area (Å²) < 4.78 is 10.3. The van der Waals surface area contributed by atoms with Gasteiger partial charge in [-0.1, -0.05) is 19.1 Å². The number of rotatable bonds is 8. The highest BCUT2D eigenvalue weighted by Gasteiger charge is 2.10. The quantitative estimate of drug-likeness (QED) is 0.535. The van der Waals surface area contributed by atoms with Gasteiger partial charge in [0.25, 0.3) is 0 Å². The van der Waals surface area contributed by atoms with Crippen molar-refractivity contribution in [2.24, 2.45) is 0 Å². The average Bonchev–Trinajstić information content (AvgIpc) is 2.43. The molecule has 0 aromatic heterocycles. The second-order valence-electron chi connectivity index (χ2n) is 4.10. The third-order valence-corrected chi connectivity index (χ3v) is 2.49. The number of esters is 1. The lowest BCUT2D eigenvalue weighted by Crippen LogP contribution is -2.08. The van der Waals surface area contributed by atoms with Crippen LogP contribution in [-0.2, 0) is 9.53 Å². The van der Waals surface area contributed by atoms with Crippen molar-refractivity contribution in [2.45, 2.75) is 33.1 Å². The Balaban J connectivity index is 2.54. The smallest absolute Gasteiger partial charge is 0.306 e. The molecule has 0 N–H and O–H groups in total. The van der Waals surface area contributed by atoms with Crippen molar-refractivity contribution in [3.05, 3.63) is 29.8 Å². The maximum Gasteiger partial charge on any atom is 0.306 e. The number of hydrogen-bond donors (Lipinski definition) is 0. The maximum atomic E-state index is 11.9. The molecule has 0 amide bonds. The molecule has 104 valence electrons. The Morgan fingerprint density at radius 3 is 2.63 bits per heavy atom. The van der Waals surface area contributed by atoms with E-state index in [2.05, 4.69) is 0 Å². The lowest BCUT2D eigenvalue weighted by Gasteiger charge is -2.06. The summed E-state index contributed by atoms with van der Waals surface area (Å²) >= 11 is 0. The van der Waals surface area contributed by atoms with Crippen molar-refractivity contribution in [3.63, 3.8) is 0 Å². The van der Waals surface area contributed by atoms with Crippen molar-refractivity contribution in [1.29, 1.82) is 0 Å². The predicted molar refractivity (Wildman–Crippen MR) is 72.4 cm³/mol. The predicted octanol–water partition coefficient (Wildman–Crippen LogP) is 3.00. The topological polar surface area (TPSA) is 52.6 Å². The van der Waals surface area contributed by atoms with E-state index in [9.17, 15) is 9.59 Å². The number of Topliss-reactive ketones (excluding diaryl/α,β-unsaturated/α-hetero) is 1. The third-order valence-electron chi connectivity index (χ3n) is 2.49. The van der Waals surface area contributed by atoms with Crippen LogP contribution in [0.15, 0.2) is 24.3 Å². The molecule has 1 aromatic carbocycles. The van der Waals surface area contributed by atoms with Gasteiger partial charge in [-0.15, -0.1) is 0 Å². The van der Waals surface area contributed by atoms with Crippen LogP contribution in [0.2, 0.25) is 0 Å². The molecule has 4 nitrogen and oxygen atoms in total. The molecule has 0 spiro atoms. The van der Waals surface area contributed by atoms with Gasteiger partial charge in [-0.2, -0.15) is 0 Å². The van der Waals surface area contributed by atoms with Crippen molar-refractivity contribution in [3.8, 4) is 5.75 Å². The monoisotopic (exact) mass is 264 g/mol. The molecule has 0 atom stereocenters. The second kappa shape index (κ2) is 8.29. The van der Waals surface area contributed by atoms with E-state index in [0.717, 1.165) is 6.42 Å². The minimum Gasteiger partial charge on any atom is -0.494 e. The molecule has 0 unspecified atom stereocenters. The Labute approximate surface area is 113 Å². The van der Waals surface area contributed by atoms with E-state index in [-0.39, 0.29) is 24.6 Å². The molecule has 0 aliphatic heterocycles. The molecule has 1 aromatic rings. The van der Waals surface area contributed by atoms with Gasteiger partial charge in [0.2, 0.25) is 0 Å². The first-order chi connectivity index (χ1) is 9.17. The normalized spacial score (nSPS) is 10.0. The van der Waals surface area contributed by atoms with Crippen LogP contribution in [0.25, 0.3) is 0 Å². The SMILES string of the molecule is CCCOc1cccc(C(=O)CCC(=O)OCC)c1. The standard InChI is InChI=1S/C15H20O4/c1-3-10-19-13-7-5-6-12(11-13)14(16)8-9-15(17)18-4-2/h5-7,11H,3-4,8-10H2,1-2H3. The van der Waals surface area contributed by atoms with Gasteiger partial charge in [0.05, 0.1) is 19.6 Å². The molecule has 19 heavy (non-hydrogen) atoms. The van der Waals surface area contributed by atoms with Crippen LogP contribution < -0.4 is 4.74 Å². The van der Waals surface area contributed by atoms with Gasteiger partial charge >= 0.3 is 5.97 Å². The largest absolute Gasteiger partial charge is 0.494 e. The maximum absolute atomic E-state index is 11.9. The Kier molecular flexibility index (Phi) is 6.64. The fourth-order valence-electron chi connectivity index (χ4n) is 1.57. The Morgan fingerprint density at radius 2 is 1.95 bits per heavy atom. The van der Waals surface area contributed by atoms with Crippen LogP contribution in [0.1, 0.15) is 43.5 Å². The molecule has 0 aliphatic rings. The zero-order valence-corrected chi connectivity index (χ0v) is 11.5. The van der Waals surface area contributed by atoms with E-state index in [1.165, 1.54) is 0 Å². The van der Waals surface area contributed by atoms with Crippen LogP contribution >= 0.6 is 0 Å². The number of carbonyl (C=O) groups is 2. The van der Waals surface area contributed by atoms with Crippen molar-refractivity contribution >= 4 is 11.8 Å². The molecule has 0 heterocycles. The van der Waals surface area contributed by atoms with Crippen LogP contribution in [0.4, 0.5) is 0 Å². The van der Waals surface area contributed by atoms with Crippen molar-refractivity contribution < 1.29 is 19.1 Å². The van der Waals surface area contributed by atoms with E-state index < -0.39 is 0 Å². The summed E-state index contributed by atoms with van der Waals surface area (Å²) in [6.45, 7) is 4.73. The summed E-state index contributed by atoms with van der Waals surface area (Å²) in [5.41, 5.74) is 0.568. The van der Waals surface area contributed by atoms with Crippen molar-refractivity contribution in [2.75, 3.05) is 13.2 Å². The first-order valence-corrected chi connectivity index (χ1v) is 6.59. The number of ketones is 1. The van der Waals surface area contributed by atoms with Crippen molar-refractivity contribution in [1.82, 2.24) is 0 Å². The molecular weight excluding hydrogens is 244 g/mol. The van der Waals surface area contributed by atoms with Crippen LogP contribution in [-0.4, -0.2) is 25.0 Å². The molecule has 0 bridgehead atoms. The highest BCUT2D eigenvalue weighted by Crippen LogP contribution is 2.15. The first kappa shape index (κ1) is 15.2. The molecule has 0 radical (unpaired) electrons. The summed E-state index contributed by atoms with van der Waals surface area (Å²) in [6.07, 6.45) is 1.20. The number of benzene rings is 1. The number of carbonyl (C=O) groups excluding carboxylic acids is 2. The van der Waals surface area contributed by atoms with E-state index >= 15 is 0 Å². The fraction of sp³-hybridized carbons (Fsp3) is 0.467. The molecular formula is C15H20O4. The summed E-state index contributed by atoms with van der Waals surface area (Å²) in [5.74, 6) is 0.271. The molecule has 1 rings (SSSR count). The molecule has 0 saturated carbocycles. The van der Waals surface area contributed by atoms with E-state index in [0.29, 0.717) is 24.5 Å². The highest BCUT2D eigenvalue weighted by molar-refractivity contribution is 5.97.